The third-order valence-corrected chi connectivity index (χ3v) is 9.90. The van der Waals surface area contributed by atoms with E-state index in [1.165, 1.54) is 24.3 Å². The number of rotatable bonds is 4. The lowest BCUT2D eigenvalue weighted by Gasteiger charge is -2.32. The zero-order valence-electron chi connectivity index (χ0n) is 19.7. The van der Waals surface area contributed by atoms with Crippen molar-refractivity contribution in [3.05, 3.63) is 60.7 Å². The lowest BCUT2D eigenvalue weighted by molar-refractivity contribution is 0.457. The SMILES string of the molecule is CN1c2ccccc2P(=O)(O)c2cc(N=Nc3c(S(=O)(=O)O)cc4cc(S(=O)(=O)O)cc(O)c4c3O)ccc21. The fourth-order valence-corrected chi connectivity index (χ4v) is 7.47. The van der Waals surface area contributed by atoms with Crippen LogP contribution in [0.3, 0.4) is 0 Å². The number of para-hydroxylation sites is 1. The van der Waals surface area contributed by atoms with E-state index < -0.39 is 60.0 Å². The fraction of sp³-hybridized carbons (Fsp3) is 0.0435. The summed E-state index contributed by atoms with van der Waals surface area (Å²) in [6.45, 7) is 0. The Bertz CT molecular complexity index is 2010. The Morgan fingerprint density at radius 2 is 1.49 bits per heavy atom. The Hall–Kier alpha value is -3.85. The van der Waals surface area contributed by atoms with Gasteiger partial charge in [-0.15, -0.1) is 5.11 Å². The molecule has 0 amide bonds. The van der Waals surface area contributed by atoms with E-state index in [0.29, 0.717) is 17.4 Å². The van der Waals surface area contributed by atoms with Crippen LogP contribution in [0.5, 0.6) is 11.5 Å². The average molecular weight is 592 g/mol. The minimum absolute atomic E-state index is 0.0115. The first-order valence-corrected chi connectivity index (χ1v) is 15.3. The number of hydrogen-bond donors (Lipinski definition) is 5. The maximum absolute atomic E-state index is 13.4. The Kier molecular flexibility index (Phi) is 6.06. The summed E-state index contributed by atoms with van der Waals surface area (Å²) in [6, 6.07) is 12.9. The van der Waals surface area contributed by atoms with Gasteiger partial charge in [0, 0.05) is 13.1 Å². The van der Waals surface area contributed by atoms with E-state index in [0.717, 1.165) is 12.1 Å². The molecule has 5 rings (SSSR count). The largest absolute Gasteiger partial charge is 0.507 e. The first kappa shape index (κ1) is 26.7. The second-order valence-electron chi connectivity index (χ2n) is 8.56. The molecule has 1 unspecified atom stereocenters. The molecule has 4 aromatic carbocycles. The van der Waals surface area contributed by atoms with Gasteiger partial charge >= 0.3 is 0 Å². The lowest BCUT2D eigenvalue weighted by Crippen LogP contribution is -2.32. The summed E-state index contributed by atoms with van der Waals surface area (Å²) in [7, 11) is -12.3. The van der Waals surface area contributed by atoms with Crippen molar-refractivity contribution in [3.63, 3.8) is 0 Å². The molecule has 0 fully saturated rings. The zero-order valence-corrected chi connectivity index (χ0v) is 22.2. The highest BCUT2D eigenvalue weighted by atomic mass is 32.2. The van der Waals surface area contributed by atoms with Gasteiger partial charge < -0.3 is 20.0 Å². The van der Waals surface area contributed by atoms with E-state index in [4.69, 9.17) is 0 Å². The highest BCUT2D eigenvalue weighted by molar-refractivity contribution is 7.86. The summed E-state index contributed by atoms with van der Waals surface area (Å²) < 4.78 is 79.6. The molecule has 0 aromatic heterocycles. The molecule has 0 spiro atoms. The minimum Gasteiger partial charge on any atom is -0.507 e. The van der Waals surface area contributed by atoms with Gasteiger partial charge in [-0.2, -0.15) is 21.9 Å². The van der Waals surface area contributed by atoms with Crippen LogP contribution in [0.15, 0.2) is 80.7 Å². The van der Waals surface area contributed by atoms with Gasteiger partial charge in [0.2, 0.25) is 0 Å². The molecule has 0 saturated carbocycles. The first-order chi connectivity index (χ1) is 18.1. The van der Waals surface area contributed by atoms with E-state index >= 15 is 0 Å². The quantitative estimate of drug-likeness (QED) is 0.132. The summed E-state index contributed by atoms with van der Waals surface area (Å²) in [6.07, 6.45) is 0. The molecule has 16 heteroatoms. The number of fused-ring (bicyclic) bond motifs is 3. The van der Waals surface area contributed by atoms with Gasteiger partial charge in [-0.3, -0.25) is 13.7 Å². The molecule has 1 aliphatic heterocycles. The standard InChI is InChI=1S/C23H18N3O10PS2/c1-26-15-4-2-3-5-18(15)37(29,30)19-10-13(6-7-16(19)26)24-25-22-20(39(34,35)36)9-12-8-14(38(31,32)33)11-17(27)21(12)23(22)28/h2-11,27-28H,1H3,(H,29,30)(H,31,32,33)(H,34,35,36). The molecule has 5 N–H and O–H groups in total. The number of nitrogens with zero attached hydrogens (tertiary/aromatic N) is 3. The van der Waals surface area contributed by atoms with Gasteiger partial charge in [0.05, 0.1) is 38.0 Å². The predicted molar refractivity (Wildman–Crippen MR) is 141 cm³/mol. The molecular weight excluding hydrogens is 573 g/mol. The monoisotopic (exact) mass is 591 g/mol. The molecule has 0 radical (unpaired) electrons. The number of azo groups is 1. The third kappa shape index (κ3) is 4.44. The van der Waals surface area contributed by atoms with Gasteiger partial charge in [-0.1, -0.05) is 12.1 Å². The van der Waals surface area contributed by atoms with E-state index in [-0.39, 0.29) is 21.7 Å². The van der Waals surface area contributed by atoms with Crippen LogP contribution < -0.4 is 15.5 Å². The van der Waals surface area contributed by atoms with Gasteiger partial charge in [0.25, 0.3) is 27.6 Å². The summed E-state index contributed by atoms with van der Waals surface area (Å²) in [5.41, 5.74) is 0.154. The second-order valence-corrected chi connectivity index (χ2v) is 13.5. The third-order valence-electron chi connectivity index (χ3n) is 6.16. The number of aromatic hydroxyl groups is 2. The van der Waals surface area contributed by atoms with Crippen molar-refractivity contribution in [1.82, 2.24) is 0 Å². The van der Waals surface area contributed by atoms with Crippen molar-refractivity contribution in [1.29, 1.82) is 0 Å². The van der Waals surface area contributed by atoms with Crippen LogP contribution in [0.1, 0.15) is 0 Å². The second kappa shape index (κ2) is 8.84. The molecule has 0 aliphatic carbocycles. The van der Waals surface area contributed by atoms with Crippen LogP contribution in [0.4, 0.5) is 22.7 Å². The van der Waals surface area contributed by atoms with E-state index in [1.54, 1.807) is 30.1 Å². The maximum atomic E-state index is 13.4. The van der Waals surface area contributed by atoms with Crippen LogP contribution in [0.25, 0.3) is 10.8 Å². The van der Waals surface area contributed by atoms with E-state index in [9.17, 15) is 45.6 Å². The van der Waals surface area contributed by atoms with Gasteiger partial charge in [0.15, 0.2) is 5.75 Å². The van der Waals surface area contributed by atoms with Gasteiger partial charge in [0.1, 0.15) is 16.3 Å². The van der Waals surface area contributed by atoms with Crippen molar-refractivity contribution in [2.45, 2.75) is 9.79 Å². The molecule has 1 atom stereocenters. The van der Waals surface area contributed by atoms with Crippen LogP contribution in [-0.4, -0.2) is 48.1 Å². The topological polar surface area (TPSA) is 214 Å². The molecule has 13 nitrogen and oxygen atoms in total. The molecule has 202 valence electrons. The highest BCUT2D eigenvalue weighted by Gasteiger charge is 2.36. The highest BCUT2D eigenvalue weighted by Crippen LogP contribution is 2.50. The van der Waals surface area contributed by atoms with Crippen molar-refractivity contribution in [3.8, 4) is 11.5 Å². The Morgan fingerprint density at radius 3 is 2.15 bits per heavy atom. The molecule has 4 aromatic rings. The molecule has 1 heterocycles. The number of benzene rings is 4. The smallest absolute Gasteiger partial charge is 0.296 e. The number of phenolic OH excluding ortho intramolecular Hbond substituents is 2. The van der Waals surface area contributed by atoms with Crippen LogP contribution >= 0.6 is 7.37 Å². The Labute approximate surface area is 221 Å². The van der Waals surface area contributed by atoms with Crippen molar-refractivity contribution < 1.29 is 45.6 Å². The number of hydrogen-bond acceptors (Lipinski definition) is 10. The average Bonchev–Trinajstić information content (AvgIpc) is 2.85. The summed E-state index contributed by atoms with van der Waals surface area (Å²) in [5, 5.41) is 28.1. The van der Waals surface area contributed by atoms with Gasteiger partial charge in [-0.05, 0) is 47.9 Å². The molecule has 0 bridgehead atoms. The van der Waals surface area contributed by atoms with Crippen molar-refractivity contribution >= 4 is 71.7 Å². The summed E-state index contributed by atoms with van der Waals surface area (Å²) in [5.74, 6) is -1.81. The van der Waals surface area contributed by atoms with E-state index in [2.05, 4.69) is 10.2 Å². The zero-order chi connectivity index (χ0) is 28.5. The lowest BCUT2D eigenvalue weighted by atomic mass is 10.1. The number of phenols is 2. The first-order valence-electron chi connectivity index (χ1n) is 10.8. The fourth-order valence-electron chi connectivity index (χ4n) is 4.35. The van der Waals surface area contributed by atoms with Crippen LogP contribution in [0, 0.1) is 0 Å². The molecule has 39 heavy (non-hydrogen) atoms. The van der Waals surface area contributed by atoms with Crippen LogP contribution in [-0.2, 0) is 24.8 Å². The van der Waals surface area contributed by atoms with Crippen LogP contribution in [0.2, 0.25) is 0 Å². The van der Waals surface area contributed by atoms with E-state index in [1.807, 2.05) is 0 Å². The molecule has 1 aliphatic rings. The summed E-state index contributed by atoms with van der Waals surface area (Å²) >= 11 is 0. The Balaban J connectivity index is 1.68. The predicted octanol–water partition coefficient (Wildman–Crippen LogP) is 3.46. The Morgan fingerprint density at radius 1 is 0.821 bits per heavy atom. The summed E-state index contributed by atoms with van der Waals surface area (Å²) in [4.78, 5) is 10.9. The number of anilines is 2. The molecule has 0 saturated heterocycles. The van der Waals surface area contributed by atoms with Crippen molar-refractivity contribution in [2.75, 3.05) is 11.9 Å². The van der Waals surface area contributed by atoms with Crippen molar-refractivity contribution in [2.24, 2.45) is 10.2 Å². The normalized spacial score (nSPS) is 17.4. The van der Waals surface area contributed by atoms with Gasteiger partial charge in [-0.25, -0.2) is 0 Å². The minimum atomic E-state index is -5.09. The maximum Gasteiger partial charge on any atom is 0.296 e. The molecular formula is C23H18N3O10PS2.